The Morgan fingerprint density at radius 2 is 2.00 bits per heavy atom. The lowest BCUT2D eigenvalue weighted by molar-refractivity contribution is -0.385. The van der Waals surface area contributed by atoms with Crippen molar-refractivity contribution in [2.24, 2.45) is 0 Å². The topological polar surface area (TPSA) is 85.1 Å². The third-order valence-corrected chi connectivity index (χ3v) is 2.78. The molecule has 0 bridgehead atoms. The molecule has 0 aliphatic heterocycles. The van der Waals surface area contributed by atoms with Crippen molar-refractivity contribution in [1.29, 1.82) is 0 Å². The average molecular weight is 271 g/mol. The van der Waals surface area contributed by atoms with Crippen molar-refractivity contribution >= 4 is 17.3 Å². The molecule has 6 nitrogen and oxygen atoms in total. The second kappa shape index (κ2) is 5.48. The van der Waals surface area contributed by atoms with E-state index in [1.54, 1.807) is 44.2 Å². The lowest BCUT2D eigenvalue weighted by Crippen LogP contribution is -2.14. The van der Waals surface area contributed by atoms with E-state index in [1.165, 1.54) is 6.07 Å². The molecule has 1 aromatic heterocycles. The molecule has 0 atom stereocenters. The van der Waals surface area contributed by atoms with E-state index in [4.69, 9.17) is 0 Å². The number of amides is 1. The second-order valence-electron chi connectivity index (χ2n) is 4.38. The van der Waals surface area contributed by atoms with Crippen LogP contribution in [0.5, 0.6) is 0 Å². The summed E-state index contributed by atoms with van der Waals surface area (Å²) >= 11 is 0. The minimum atomic E-state index is -0.476. The first-order valence-corrected chi connectivity index (χ1v) is 5.97. The summed E-state index contributed by atoms with van der Waals surface area (Å²) in [5, 5.41) is 13.5. The Bertz CT molecular complexity index is 683. The number of nitro groups is 1. The normalized spacial score (nSPS) is 10.1. The van der Waals surface area contributed by atoms with E-state index in [-0.39, 0.29) is 11.4 Å². The number of pyridine rings is 1. The van der Waals surface area contributed by atoms with E-state index in [2.05, 4.69) is 10.3 Å². The lowest BCUT2D eigenvalue weighted by atomic mass is 10.2. The van der Waals surface area contributed by atoms with Crippen LogP contribution in [0, 0.1) is 24.0 Å². The Balaban J connectivity index is 2.24. The highest BCUT2D eigenvalue weighted by Crippen LogP contribution is 2.22. The maximum atomic E-state index is 12.0. The number of hydrogen-bond acceptors (Lipinski definition) is 4. The first-order valence-electron chi connectivity index (χ1n) is 5.97. The quantitative estimate of drug-likeness (QED) is 0.687. The largest absolute Gasteiger partial charge is 0.320 e. The molecular weight excluding hydrogens is 258 g/mol. The maximum absolute atomic E-state index is 12.0. The smallest absolute Gasteiger partial charge is 0.274 e. The average Bonchev–Trinajstić information content (AvgIpc) is 2.40. The number of anilines is 1. The SMILES string of the molecule is Cc1cccc(C(=O)Nc2ccc(C)c([N+](=O)[O-])c2)n1. The van der Waals surface area contributed by atoms with Crippen LogP contribution < -0.4 is 5.32 Å². The van der Waals surface area contributed by atoms with E-state index >= 15 is 0 Å². The summed E-state index contributed by atoms with van der Waals surface area (Å²) in [6.07, 6.45) is 0. The zero-order chi connectivity index (χ0) is 14.7. The Kier molecular flexibility index (Phi) is 3.74. The third kappa shape index (κ3) is 2.97. The van der Waals surface area contributed by atoms with Crippen molar-refractivity contribution in [3.05, 3.63) is 63.5 Å². The molecule has 20 heavy (non-hydrogen) atoms. The molecule has 1 heterocycles. The molecule has 0 unspecified atom stereocenters. The molecular formula is C14H13N3O3. The Hall–Kier alpha value is -2.76. The summed E-state index contributed by atoms with van der Waals surface area (Å²) in [5.74, 6) is -0.396. The highest BCUT2D eigenvalue weighted by molar-refractivity contribution is 6.03. The standard InChI is InChI=1S/C14H13N3O3/c1-9-6-7-11(8-13(9)17(19)20)16-14(18)12-5-3-4-10(2)15-12/h3-8H,1-2H3,(H,16,18). The fourth-order valence-electron chi connectivity index (χ4n) is 1.75. The van der Waals surface area contributed by atoms with Crippen LogP contribution in [0.25, 0.3) is 0 Å². The maximum Gasteiger partial charge on any atom is 0.274 e. The predicted octanol–water partition coefficient (Wildman–Crippen LogP) is 2.86. The van der Waals surface area contributed by atoms with Crippen LogP contribution >= 0.6 is 0 Å². The summed E-state index contributed by atoms with van der Waals surface area (Å²) < 4.78 is 0. The lowest BCUT2D eigenvalue weighted by Gasteiger charge is -2.06. The van der Waals surface area contributed by atoms with E-state index in [9.17, 15) is 14.9 Å². The molecule has 0 saturated carbocycles. The minimum Gasteiger partial charge on any atom is -0.320 e. The van der Waals surface area contributed by atoms with Gasteiger partial charge in [0.2, 0.25) is 0 Å². The van der Waals surface area contributed by atoms with Gasteiger partial charge in [-0.2, -0.15) is 0 Å². The van der Waals surface area contributed by atoms with Gasteiger partial charge in [-0.15, -0.1) is 0 Å². The molecule has 0 spiro atoms. The second-order valence-corrected chi connectivity index (χ2v) is 4.38. The van der Waals surface area contributed by atoms with Crippen molar-refractivity contribution in [1.82, 2.24) is 4.98 Å². The van der Waals surface area contributed by atoms with Crippen LogP contribution in [0.3, 0.4) is 0 Å². The van der Waals surface area contributed by atoms with Crippen molar-refractivity contribution in [2.45, 2.75) is 13.8 Å². The third-order valence-electron chi connectivity index (χ3n) is 2.78. The van der Waals surface area contributed by atoms with Crippen LogP contribution in [0.15, 0.2) is 36.4 Å². The number of rotatable bonds is 3. The van der Waals surface area contributed by atoms with Crippen LogP contribution in [-0.4, -0.2) is 15.8 Å². The Morgan fingerprint density at radius 3 is 2.65 bits per heavy atom. The van der Waals surface area contributed by atoms with Gasteiger partial charge in [0, 0.05) is 23.0 Å². The number of nitrogens with one attached hydrogen (secondary N) is 1. The van der Waals surface area contributed by atoms with E-state index in [0.717, 1.165) is 5.69 Å². The number of carbonyl (C=O) groups is 1. The number of benzene rings is 1. The van der Waals surface area contributed by atoms with Crippen LogP contribution in [0.2, 0.25) is 0 Å². The van der Waals surface area contributed by atoms with Gasteiger partial charge in [0.05, 0.1) is 4.92 Å². The monoisotopic (exact) mass is 271 g/mol. The van der Waals surface area contributed by atoms with Gasteiger partial charge in [-0.1, -0.05) is 12.1 Å². The Morgan fingerprint density at radius 1 is 1.25 bits per heavy atom. The minimum absolute atomic E-state index is 0.0278. The van der Waals surface area contributed by atoms with Crippen LogP contribution in [-0.2, 0) is 0 Å². The molecule has 0 saturated heterocycles. The number of hydrogen-bond donors (Lipinski definition) is 1. The van der Waals surface area contributed by atoms with Gasteiger partial charge in [0.1, 0.15) is 5.69 Å². The molecule has 2 rings (SSSR count). The van der Waals surface area contributed by atoms with Gasteiger partial charge in [-0.3, -0.25) is 14.9 Å². The summed E-state index contributed by atoms with van der Waals surface area (Å²) in [5.41, 5.74) is 1.89. The molecule has 0 aliphatic carbocycles. The molecule has 0 radical (unpaired) electrons. The summed E-state index contributed by atoms with van der Waals surface area (Å²) in [4.78, 5) is 26.5. The molecule has 102 valence electrons. The summed E-state index contributed by atoms with van der Waals surface area (Å²) in [6.45, 7) is 3.43. The number of nitro benzene ring substituents is 1. The summed E-state index contributed by atoms with van der Waals surface area (Å²) in [6, 6.07) is 9.66. The molecule has 1 amide bonds. The van der Waals surface area contributed by atoms with Gasteiger partial charge in [0.25, 0.3) is 11.6 Å². The Labute approximate surface area is 115 Å². The summed E-state index contributed by atoms with van der Waals surface area (Å²) in [7, 11) is 0. The van der Waals surface area contributed by atoms with Crippen molar-refractivity contribution in [3.8, 4) is 0 Å². The fourth-order valence-corrected chi connectivity index (χ4v) is 1.75. The first kappa shape index (κ1) is 13.7. The van der Waals surface area contributed by atoms with Crippen molar-refractivity contribution < 1.29 is 9.72 Å². The van der Waals surface area contributed by atoms with Gasteiger partial charge in [0.15, 0.2) is 0 Å². The predicted molar refractivity (Wildman–Crippen MR) is 74.8 cm³/mol. The molecule has 6 heteroatoms. The first-order chi connectivity index (χ1) is 9.47. The van der Waals surface area contributed by atoms with E-state index < -0.39 is 10.8 Å². The highest BCUT2D eigenvalue weighted by Gasteiger charge is 2.13. The number of aryl methyl sites for hydroxylation is 2. The van der Waals surface area contributed by atoms with Gasteiger partial charge in [-0.05, 0) is 32.0 Å². The molecule has 1 aromatic carbocycles. The van der Waals surface area contributed by atoms with E-state index in [0.29, 0.717) is 11.3 Å². The fraction of sp³-hybridized carbons (Fsp3) is 0.143. The van der Waals surface area contributed by atoms with Crippen LogP contribution in [0.1, 0.15) is 21.7 Å². The molecule has 0 fully saturated rings. The zero-order valence-electron chi connectivity index (χ0n) is 11.1. The van der Waals surface area contributed by atoms with Crippen molar-refractivity contribution in [2.75, 3.05) is 5.32 Å². The molecule has 2 aromatic rings. The highest BCUT2D eigenvalue weighted by atomic mass is 16.6. The van der Waals surface area contributed by atoms with E-state index in [1.807, 2.05) is 0 Å². The molecule has 1 N–H and O–H groups in total. The molecule has 0 aliphatic rings. The van der Waals surface area contributed by atoms with Gasteiger partial charge < -0.3 is 5.32 Å². The zero-order valence-corrected chi connectivity index (χ0v) is 11.1. The van der Waals surface area contributed by atoms with Crippen molar-refractivity contribution in [3.63, 3.8) is 0 Å². The van der Waals surface area contributed by atoms with Gasteiger partial charge in [-0.25, -0.2) is 4.98 Å². The van der Waals surface area contributed by atoms with Gasteiger partial charge >= 0.3 is 0 Å². The van der Waals surface area contributed by atoms with Crippen LogP contribution in [0.4, 0.5) is 11.4 Å². The number of nitrogens with zero attached hydrogens (tertiary/aromatic N) is 2. The number of aromatic nitrogens is 1. The number of carbonyl (C=O) groups excluding carboxylic acids is 1.